The smallest absolute Gasteiger partial charge is 0.144 e. The second-order valence-corrected chi connectivity index (χ2v) is 6.22. The van der Waals surface area contributed by atoms with E-state index in [0.29, 0.717) is 5.82 Å². The topological polar surface area (TPSA) is 51.8 Å². The molecule has 21 heavy (non-hydrogen) atoms. The van der Waals surface area contributed by atoms with Crippen molar-refractivity contribution in [3.63, 3.8) is 0 Å². The van der Waals surface area contributed by atoms with E-state index in [-0.39, 0.29) is 0 Å². The second-order valence-electron chi connectivity index (χ2n) is 4.73. The van der Waals surface area contributed by atoms with Crippen LogP contribution in [0.1, 0.15) is 0 Å². The van der Waals surface area contributed by atoms with E-state index < -0.39 is 0 Å². The van der Waals surface area contributed by atoms with E-state index in [4.69, 9.17) is 17.3 Å². The third kappa shape index (κ3) is 1.95. The summed E-state index contributed by atoms with van der Waals surface area (Å²) in [6.45, 7) is 0. The fourth-order valence-electron chi connectivity index (χ4n) is 2.53. The van der Waals surface area contributed by atoms with Crippen molar-refractivity contribution < 1.29 is 0 Å². The summed E-state index contributed by atoms with van der Waals surface area (Å²) in [5.41, 5.74) is 9.06. The summed E-state index contributed by atoms with van der Waals surface area (Å²) in [4.78, 5) is 8.50. The minimum atomic E-state index is 0.526. The average Bonchev–Trinajstić information content (AvgIpc) is 2.87. The van der Waals surface area contributed by atoms with Crippen LogP contribution in [0.5, 0.6) is 0 Å². The van der Waals surface area contributed by atoms with Gasteiger partial charge in [-0.2, -0.15) is 0 Å². The Balaban J connectivity index is 2.15. The summed E-state index contributed by atoms with van der Waals surface area (Å²) < 4.78 is 2.08. The molecule has 0 aliphatic carbocycles. The van der Waals surface area contributed by atoms with E-state index >= 15 is 0 Å². The minimum Gasteiger partial charge on any atom is -0.382 e. The monoisotopic (exact) mass is 311 g/mol. The van der Waals surface area contributed by atoms with Crippen molar-refractivity contribution in [2.45, 2.75) is 0 Å². The van der Waals surface area contributed by atoms with Gasteiger partial charge >= 0.3 is 0 Å². The first-order chi connectivity index (χ1) is 10.2. The molecule has 0 spiro atoms. The van der Waals surface area contributed by atoms with Gasteiger partial charge in [0, 0.05) is 15.1 Å². The third-order valence-corrected chi connectivity index (χ3v) is 4.84. The number of hydrogen-bond acceptors (Lipinski definition) is 4. The molecule has 0 amide bonds. The zero-order chi connectivity index (χ0) is 14.4. The molecule has 5 heteroatoms. The van der Waals surface area contributed by atoms with Gasteiger partial charge in [-0.1, -0.05) is 35.9 Å². The molecule has 0 bridgehead atoms. The van der Waals surface area contributed by atoms with Crippen LogP contribution in [0.4, 0.5) is 5.82 Å². The zero-order valence-electron chi connectivity index (χ0n) is 10.9. The zero-order valence-corrected chi connectivity index (χ0v) is 12.4. The van der Waals surface area contributed by atoms with Crippen molar-refractivity contribution in [1.29, 1.82) is 0 Å². The molecular formula is C16H10ClN3S. The molecule has 102 valence electrons. The number of thiophene rings is 1. The van der Waals surface area contributed by atoms with Gasteiger partial charge in [-0.05, 0) is 29.3 Å². The standard InChI is InChI=1S/C16H10ClN3S/c17-10-4-1-3-9(7-10)11-5-2-6-12-13(11)14-15(21-12)16(18)20-8-19-14/h1-8H,(H2,18,19,20). The number of hydrogen-bond donors (Lipinski definition) is 1. The Hall–Kier alpha value is -2.17. The molecule has 2 heterocycles. The molecule has 3 nitrogen and oxygen atoms in total. The lowest BCUT2D eigenvalue weighted by atomic mass is 10.0. The van der Waals surface area contributed by atoms with Crippen LogP contribution >= 0.6 is 22.9 Å². The van der Waals surface area contributed by atoms with Crippen molar-refractivity contribution in [1.82, 2.24) is 9.97 Å². The molecule has 2 aromatic carbocycles. The third-order valence-electron chi connectivity index (χ3n) is 3.44. The number of nitrogens with zero attached hydrogens (tertiary/aromatic N) is 2. The lowest BCUT2D eigenvalue weighted by Gasteiger charge is -2.04. The highest BCUT2D eigenvalue weighted by molar-refractivity contribution is 7.26. The van der Waals surface area contributed by atoms with Gasteiger partial charge < -0.3 is 5.73 Å². The van der Waals surface area contributed by atoms with Crippen LogP contribution in [0.2, 0.25) is 5.02 Å². The number of nitrogen functional groups attached to an aromatic ring is 1. The minimum absolute atomic E-state index is 0.526. The number of benzene rings is 2. The van der Waals surface area contributed by atoms with Crippen molar-refractivity contribution in [2.24, 2.45) is 0 Å². The Kier molecular flexibility index (Phi) is 2.80. The van der Waals surface area contributed by atoms with E-state index in [1.165, 1.54) is 6.33 Å². The van der Waals surface area contributed by atoms with Crippen LogP contribution in [0.3, 0.4) is 0 Å². The number of fused-ring (bicyclic) bond motifs is 3. The SMILES string of the molecule is Nc1ncnc2c1sc1cccc(-c3cccc(Cl)c3)c12. The second kappa shape index (κ2) is 4.69. The van der Waals surface area contributed by atoms with Gasteiger partial charge in [0.15, 0.2) is 0 Å². The van der Waals surface area contributed by atoms with Crippen LogP contribution in [0, 0.1) is 0 Å². The fourth-order valence-corrected chi connectivity index (χ4v) is 3.81. The number of aromatic nitrogens is 2. The maximum absolute atomic E-state index is 6.12. The van der Waals surface area contributed by atoms with Crippen LogP contribution in [-0.2, 0) is 0 Å². The quantitative estimate of drug-likeness (QED) is 0.552. The number of rotatable bonds is 1. The lowest BCUT2D eigenvalue weighted by Crippen LogP contribution is -1.90. The summed E-state index contributed by atoms with van der Waals surface area (Å²) >= 11 is 7.74. The molecule has 0 aliphatic heterocycles. The van der Waals surface area contributed by atoms with E-state index in [0.717, 1.165) is 36.5 Å². The van der Waals surface area contributed by atoms with Crippen LogP contribution in [0.25, 0.3) is 31.4 Å². The van der Waals surface area contributed by atoms with E-state index in [1.54, 1.807) is 11.3 Å². The molecule has 0 saturated heterocycles. The largest absolute Gasteiger partial charge is 0.382 e. The molecular weight excluding hydrogens is 302 g/mol. The molecule has 4 rings (SSSR count). The maximum Gasteiger partial charge on any atom is 0.144 e. The first-order valence-electron chi connectivity index (χ1n) is 6.41. The van der Waals surface area contributed by atoms with E-state index in [1.807, 2.05) is 24.3 Å². The Morgan fingerprint density at radius 2 is 1.90 bits per heavy atom. The van der Waals surface area contributed by atoms with E-state index in [9.17, 15) is 0 Å². The van der Waals surface area contributed by atoms with Gasteiger partial charge in [0.25, 0.3) is 0 Å². The van der Waals surface area contributed by atoms with Gasteiger partial charge in [0.2, 0.25) is 0 Å². The normalized spacial score (nSPS) is 11.3. The van der Waals surface area contributed by atoms with Gasteiger partial charge in [0.05, 0.1) is 10.2 Å². The Labute approximate surface area is 130 Å². The maximum atomic E-state index is 6.12. The van der Waals surface area contributed by atoms with Gasteiger partial charge in [-0.25, -0.2) is 9.97 Å². The number of halogens is 1. The Morgan fingerprint density at radius 1 is 1.05 bits per heavy atom. The predicted octanol–water partition coefficient (Wildman–Crippen LogP) is 4.75. The molecule has 0 radical (unpaired) electrons. The van der Waals surface area contributed by atoms with Crippen molar-refractivity contribution in [3.8, 4) is 11.1 Å². The summed E-state index contributed by atoms with van der Waals surface area (Å²) in [6, 6.07) is 14.0. The van der Waals surface area contributed by atoms with Crippen LogP contribution in [-0.4, -0.2) is 9.97 Å². The molecule has 0 fully saturated rings. The Bertz CT molecular complexity index is 978. The molecule has 4 aromatic rings. The lowest BCUT2D eigenvalue weighted by molar-refractivity contribution is 1.24. The van der Waals surface area contributed by atoms with Crippen molar-refractivity contribution in [3.05, 3.63) is 53.8 Å². The molecule has 0 atom stereocenters. The van der Waals surface area contributed by atoms with Crippen LogP contribution < -0.4 is 5.73 Å². The highest BCUT2D eigenvalue weighted by Crippen LogP contribution is 2.40. The first-order valence-corrected chi connectivity index (χ1v) is 7.61. The van der Waals surface area contributed by atoms with Crippen molar-refractivity contribution >= 4 is 49.1 Å². The summed E-state index contributed by atoms with van der Waals surface area (Å²) in [7, 11) is 0. The van der Waals surface area contributed by atoms with Gasteiger partial charge in [-0.15, -0.1) is 11.3 Å². The molecule has 0 unspecified atom stereocenters. The number of nitrogens with two attached hydrogens (primary N) is 1. The fraction of sp³-hybridized carbons (Fsp3) is 0. The van der Waals surface area contributed by atoms with Crippen LogP contribution in [0.15, 0.2) is 48.8 Å². The van der Waals surface area contributed by atoms with Gasteiger partial charge in [0.1, 0.15) is 12.1 Å². The summed E-state index contributed by atoms with van der Waals surface area (Å²) in [5, 5.41) is 1.83. The highest BCUT2D eigenvalue weighted by atomic mass is 35.5. The molecule has 0 saturated carbocycles. The summed E-state index contributed by atoms with van der Waals surface area (Å²) in [6.07, 6.45) is 1.51. The molecule has 0 aliphatic rings. The molecule has 2 N–H and O–H groups in total. The summed E-state index contributed by atoms with van der Waals surface area (Å²) in [5.74, 6) is 0.526. The highest BCUT2D eigenvalue weighted by Gasteiger charge is 2.13. The predicted molar refractivity (Wildman–Crippen MR) is 89.8 cm³/mol. The number of anilines is 1. The van der Waals surface area contributed by atoms with Crippen molar-refractivity contribution in [2.75, 3.05) is 5.73 Å². The van der Waals surface area contributed by atoms with Gasteiger partial charge in [-0.3, -0.25) is 0 Å². The van der Waals surface area contributed by atoms with E-state index in [2.05, 4.69) is 28.2 Å². The first kappa shape index (κ1) is 12.6. The Morgan fingerprint density at radius 3 is 2.76 bits per heavy atom. The molecule has 2 aromatic heterocycles. The average molecular weight is 312 g/mol.